The summed E-state index contributed by atoms with van der Waals surface area (Å²) in [4.78, 5) is 0. The van der Waals surface area contributed by atoms with Crippen LogP contribution in [-0.2, 0) is 11.0 Å². The first-order valence-corrected chi connectivity index (χ1v) is 0. The normalized spacial score (nSPS) is 0. The molecule has 0 aliphatic heterocycles. The van der Waals surface area contributed by atoms with Gasteiger partial charge in [-0.2, -0.15) is 0 Å². The van der Waals surface area contributed by atoms with Crippen molar-refractivity contribution in [2.45, 2.75) is 0 Å². The zero-order chi connectivity index (χ0) is 0. The molecule has 4 heteroatoms. The van der Waals surface area contributed by atoms with Gasteiger partial charge < -0.3 is 11.0 Å². The summed E-state index contributed by atoms with van der Waals surface area (Å²) in [6, 6.07) is 0. The SMILES string of the molecule is [O-2].[O-2].[Sm+3].[Tm+3]. The zero-order valence-corrected chi connectivity index (χ0v) is 5.90. The summed E-state index contributed by atoms with van der Waals surface area (Å²) >= 11 is 0. The van der Waals surface area contributed by atoms with E-state index in [1.165, 1.54) is 0 Å². The molecule has 4 heavy (non-hydrogen) atoms. The van der Waals surface area contributed by atoms with Gasteiger partial charge in [0.1, 0.15) is 0 Å². The first-order chi connectivity index (χ1) is 0. The van der Waals surface area contributed by atoms with Gasteiger partial charge in [0, 0.05) is 0 Å². The molecule has 0 amide bonds. The first-order valence-electron chi connectivity index (χ1n) is 0. The minimum atomic E-state index is 0. The molecule has 0 bridgehead atoms. The van der Waals surface area contributed by atoms with Crippen LogP contribution in [0.4, 0.5) is 0 Å². The van der Waals surface area contributed by atoms with Crippen LogP contribution in [0.3, 0.4) is 0 Å². The van der Waals surface area contributed by atoms with Gasteiger partial charge in [0.2, 0.25) is 0 Å². The molecule has 29 valence electrons. The number of rotatable bonds is 0. The Labute approximate surface area is 86.2 Å². The van der Waals surface area contributed by atoms with Gasteiger partial charge >= 0.3 is 77.3 Å². The van der Waals surface area contributed by atoms with E-state index < -0.39 is 0 Å². The van der Waals surface area contributed by atoms with Crippen molar-refractivity contribution in [3.05, 3.63) is 0 Å². The van der Waals surface area contributed by atoms with Crippen molar-refractivity contribution in [2.24, 2.45) is 0 Å². The van der Waals surface area contributed by atoms with Gasteiger partial charge in [0.05, 0.1) is 0 Å². The standard InChI is InChI=1S/2O.Sm.Tm/q2*-2;2*+3. The van der Waals surface area contributed by atoms with Crippen LogP contribution in [0.25, 0.3) is 0 Å². The predicted molar refractivity (Wildman–Crippen MR) is 1.37 cm³/mol. The van der Waals surface area contributed by atoms with Crippen LogP contribution in [0.15, 0.2) is 0 Å². The molecule has 0 atom stereocenters. The average Bonchev–Trinajstić information content (AvgIpc) is 0. The molecule has 0 unspecified atom stereocenters. The second-order valence-corrected chi connectivity index (χ2v) is 0. The topological polar surface area (TPSA) is 57.0 Å². The van der Waals surface area contributed by atoms with Gasteiger partial charge in [-0.3, -0.25) is 0 Å². The van der Waals surface area contributed by atoms with E-state index in [9.17, 15) is 0 Å². The second-order valence-electron chi connectivity index (χ2n) is 0. The summed E-state index contributed by atoms with van der Waals surface area (Å²) in [5, 5.41) is 0. The third kappa shape index (κ3) is 8.82. The Kier molecular flexibility index (Phi) is 141. The summed E-state index contributed by atoms with van der Waals surface area (Å²) in [7, 11) is 0. The third-order valence-electron chi connectivity index (χ3n) is 0. The molecule has 0 saturated carbocycles. The molecule has 0 spiro atoms. The van der Waals surface area contributed by atoms with Crippen molar-refractivity contribution in [2.75, 3.05) is 0 Å². The van der Waals surface area contributed by atoms with Crippen molar-refractivity contribution in [1.82, 2.24) is 0 Å². The summed E-state index contributed by atoms with van der Waals surface area (Å²) in [5.41, 5.74) is 0. The molecule has 0 heterocycles. The Balaban J connectivity index is 0. The van der Waals surface area contributed by atoms with E-state index in [1.807, 2.05) is 0 Å². The molecule has 0 aromatic heterocycles. The van der Waals surface area contributed by atoms with E-state index in [1.54, 1.807) is 0 Å². The van der Waals surface area contributed by atoms with E-state index in [2.05, 4.69) is 0 Å². The van der Waals surface area contributed by atoms with Gasteiger partial charge in [-0.15, -0.1) is 0 Å². The first kappa shape index (κ1) is 31.5. The number of hydrogen-bond donors (Lipinski definition) is 0. The molecule has 0 aliphatic rings. The summed E-state index contributed by atoms with van der Waals surface area (Å²) in [5.74, 6) is 0. The molecule has 0 N–H and O–H groups in total. The monoisotopic (exact) mass is 353 g/mol. The van der Waals surface area contributed by atoms with E-state index in [0.717, 1.165) is 0 Å². The van der Waals surface area contributed by atoms with E-state index in [-0.39, 0.29) is 88.2 Å². The molecular weight excluding hydrogens is 351 g/mol. The molecular formula is O2SmTm+2. The van der Waals surface area contributed by atoms with Gasteiger partial charge in [0.15, 0.2) is 0 Å². The fraction of sp³-hybridized carbons (Fsp3) is 0. The molecule has 2 nitrogen and oxygen atoms in total. The Hall–Kier alpha value is 2.49. The predicted octanol–water partition coefficient (Wildman–Crippen LogP) is -0.238. The molecule has 0 aromatic rings. The van der Waals surface area contributed by atoms with Crippen LogP contribution in [0, 0.1) is 77.3 Å². The van der Waals surface area contributed by atoms with Crippen molar-refractivity contribution in [3.63, 3.8) is 0 Å². The molecule has 0 fully saturated rings. The zero-order valence-electron chi connectivity index (χ0n) is 1.50. The maximum absolute atomic E-state index is 0. The Bertz CT molecular complexity index is 6.00. The Morgan fingerprint density at radius 3 is 0.750 bits per heavy atom. The van der Waals surface area contributed by atoms with E-state index >= 15 is 0 Å². The van der Waals surface area contributed by atoms with Crippen molar-refractivity contribution < 1.29 is 88.2 Å². The van der Waals surface area contributed by atoms with E-state index in [4.69, 9.17) is 0 Å². The number of hydrogen-bond acceptors (Lipinski definition) is 0. The molecule has 0 rings (SSSR count). The van der Waals surface area contributed by atoms with Gasteiger partial charge in [-0.25, -0.2) is 0 Å². The van der Waals surface area contributed by atoms with Gasteiger partial charge in [0.25, 0.3) is 0 Å². The van der Waals surface area contributed by atoms with Crippen molar-refractivity contribution in [1.29, 1.82) is 0 Å². The van der Waals surface area contributed by atoms with Crippen LogP contribution in [0.1, 0.15) is 0 Å². The maximum atomic E-state index is 0. The van der Waals surface area contributed by atoms with Gasteiger partial charge in [-0.05, 0) is 0 Å². The molecule has 0 aliphatic carbocycles. The fourth-order valence-electron chi connectivity index (χ4n) is 0. The van der Waals surface area contributed by atoms with E-state index in [0.29, 0.717) is 0 Å². The fourth-order valence-corrected chi connectivity index (χ4v) is 0. The summed E-state index contributed by atoms with van der Waals surface area (Å²) in [6.07, 6.45) is 0. The smallest absolute Gasteiger partial charge is 2.00 e. The van der Waals surface area contributed by atoms with Crippen molar-refractivity contribution in [3.8, 4) is 0 Å². The van der Waals surface area contributed by atoms with Crippen LogP contribution in [0.2, 0.25) is 0 Å². The molecule has 0 saturated heterocycles. The molecule has 1 radical (unpaired) electrons. The minimum Gasteiger partial charge on any atom is -2.00 e. The maximum Gasteiger partial charge on any atom is 3.00 e. The quantitative estimate of drug-likeness (QED) is 0.579. The van der Waals surface area contributed by atoms with Crippen LogP contribution >= 0.6 is 0 Å². The average molecular weight is 351 g/mol. The van der Waals surface area contributed by atoms with Crippen molar-refractivity contribution >= 4 is 0 Å². The summed E-state index contributed by atoms with van der Waals surface area (Å²) < 4.78 is 0. The second kappa shape index (κ2) is 17.8. The Morgan fingerprint density at radius 2 is 0.750 bits per heavy atom. The summed E-state index contributed by atoms with van der Waals surface area (Å²) in [6.45, 7) is 0. The van der Waals surface area contributed by atoms with Crippen LogP contribution < -0.4 is 0 Å². The van der Waals surface area contributed by atoms with Crippen LogP contribution in [0.5, 0.6) is 0 Å². The van der Waals surface area contributed by atoms with Gasteiger partial charge in [-0.1, -0.05) is 0 Å². The third-order valence-corrected chi connectivity index (χ3v) is 0. The minimum absolute atomic E-state index is 0. The molecule has 0 aromatic carbocycles. The Morgan fingerprint density at radius 1 is 0.750 bits per heavy atom. The van der Waals surface area contributed by atoms with Crippen LogP contribution in [-0.4, -0.2) is 0 Å². The largest absolute Gasteiger partial charge is 3.00 e.